The van der Waals surface area contributed by atoms with Gasteiger partial charge in [-0.1, -0.05) is 6.07 Å². The second-order valence-electron chi connectivity index (χ2n) is 3.89. The summed E-state index contributed by atoms with van der Waals surface area (Å²) in [5.41, 5.74) is 7.43. The van der Waals surface area contributed by atoms with Crippen molar-refractivity contribution in [2.45, 2.75) is 6.92 Å². The minimum Gasteiger partial charge on any atom is -0.399 e. The molecule has 0 unspecified atom stereocenters. The number of halogens is 1. The summed E-state index contributed by atoms with van der Waals surface area (Å²) < 4.78 is 12.7. The Labute approximate surface area is 104 Å². The lowest BCUT2D eigenvalue weighted by Crippen LogP contribution is -2.14. The molecule has 1 heterocycles. The van der Waals surface area contributed by atoms with Gasteiger partial charge < -0.3 is 11.1 Å². The molecule has 2 rings (SSSR count). The largest absolute Gasteiger partial charge is 0.399 e. The van der Waals surface area contributed by atoms with Crippen LogP contribution in [0.3, 0.4) is 0 Å². The number of amides is 1. The molecule has 0 atom stereocenters. The van der Waals surface area contributed by atoms with Crippen LogP contribution in [0.4, 0.5) is 15.9 Å². The molecule has 92 valence electrons. The highest BCUT2D eigenvalue weighted by Crippen LogP contribution is 2.14. The Bertz CT molecular complexity index is 581. The van der Waals surface area contributed by atoms with Crippen molar-refractivity contribution in [3.8, 4) is 0 Å². The Balaban J connectivity index is 2.21. The minimum absolute atomic E-state index is 0.295. The van der Waals surface area contributed by atoms with Crippen molar-refractivity contribution in [1.29, 1.82) is 0 Å². The third-order valence-electron chi connectivity index (χ3n) is 2.48. The average Bonchev–Trinajstić information content (AvgIpc) is 2.35. The molecule has 1 aromatic carbocycles. The van der Waals surface area contributed by atoms with Crippen molar-refractivity contribution < 1.29 is 9.18 Å². The number of hydrogen-bond donors (Lipinski definition) is 2. The molecule has 0 aliphatic carbocycles. The standard InChI is InChI=1S/C13H12FN3O/c1-8-2-4-10(15)6-11(8)13(18)17-12-5-3-9(14)7-16-12/h2-7H,15H2,1H3,(H,16,17,18). The molecule has 0 aliphatic heterocycles. The lowest BCUT2D eigenvalue weighted by molar-refractivity contribution is 0.102. The van der Waals surface area contributed by atoms with Gasteiger partial charge in [-0.25, -0.2) is 9.37 Å². The fourth-order valence-corrected chi connectivity index (χ4v) is 1.52. The highest BCUT2D eigenvalue weighted by Gasteiger charge is 2.10. The lowest BCUT2D eigenvalue weighted by Gasteiger charge is -2.07. The van der Waals surface area contributed by atoms with Gasteiger partial charge >= 0.3 is 0 Å². The zero-order valence-electron chi connectivity index (χ0n) is 9.77. The topological polar surface area (TPSA) is 68.0 Å². The maximum absolute atomic E-state index is 12.7. The van der Waals surface area contributed by atoms with E-state index in [1.807, 2.05) is 6.92 Å². The number of pyridine rings is 1. The van der Waals surface area contributed by atoms with E-state index in [2.05, 4.69) is 10.3 Å². The molecule has 1 amide bonds. The van der Waals surface area contributed by atoms with Gasteiger partial charge in [-0.05, 0) is 36.8 Å². The molecule has 0 spiro atoms. The van der Waals surface area contributed by atoms with E-state index in [-0.39, 0.29) is 5.91 Å². The molecule has 0 bridgehead atoms. The average molecular weight is 245 g/mol. The first-order chi connectivity index (χ1) is 8.56. The molecule has 0 saturated heterocycles. The van der Waals surface area contributed by atoms with Crippen LogP contribution >= 0.6 is 0 Å². The molecule has 3 N–H and O–H groups in total. The van der Waals surface area contributed by atoms with E-state index in [9.17, 15) is 9.18 Å². The highest BCUT2D eigenvalue weighted by molar-refractivity contribution is 6.05. The molecule has 0 radical (unpaired) electrons. The zero-order valence-corrected chi connectivity index (χ0v) is 9.77. The monoisotopic (exact) mass is 245 g/mol. The van der Waals surface area contributed by atoms with E-state index in [0.29, 0.717) is 17.1 Å². The van der Waals surface area contributed by atoms with Crippen molar-refractivity contribution in [2.24, 2.45) is 0 Å². The first kappa shape index (κ1) is 12.0. The van der Waals surface area contributed by atoms with Crippen LogP contribution in [-0.2, 0) is 0 Å². The first-order valence-electron chi connectivity index (χ1n) is 5.35. The Morgan fingerprint density at radius 2 is 2.11 bits per heavy atom. The Morgan fingerprint density at radius 1 is 1.33 bits per heavy atom. The summed E-state index contributed by atoms with van der Waals surface area (Å²) in [5, 5.41) is 2.58. The molecule has 0 fully saturated rings. The van der Waals surface area contributed by atoms with Crippen LogP contribution in [-0.4, -0.2) is 10.9 Å². The van der Waals surface area contributed by atoms with Gasteiger partial charge in [-0.2, -0.15) is 0 Å². The normalized spacial score (nSPS) is 10.1. The predicted octanol–water partition coefficient (Wildman–Crippen LogP) is 2.36. The van der Waals surface area contributed by atoms with Gasteiger partial charge in [0.25, 0.3) is 5.91 Å². The first-order valence-corrected chi connectivity index (χ1v) is 5.35. The van der Waals surface area contributed by atoms with E-state index in [1.165, 1.54) is 12.1 Å². The molecule has 2 aromatic rings. The maximum Gasteiger partial charge on any atom is 0.257 e. The third kappa shape index (κ3) is 2.63. The summed E-state index contributed by atoms with van der Waals surface area (Å²) in [6.07, 6.45) is 1.04. The van der Waals surface area contributed by atoms with Crippen LogP contribution in [0.2, 0.25) is 0 Å². The smallest absolute Gasteiger partial charge is 0.257 e. The van der Waals surface area contributed by atoms with E-state index in [4.69, 9.17) is 5.73 Å². The Morgan fingerprint density at radius 3 is 2.78 bits per heavy atom. The number of nitrogens with zero attached hydrogens (tertiary/aromatic N) is 1. The van der Waals surface area contributed by atoms with Gasteiger partial charge in [0.1, 0.15) is 11.6 Å². The van der Waals surface area contributed by atoms with Crippen molar-refractivity contribution in [1.82, 2.24) is 4.98 Å². The summed E-state index contributed by atoms with van der Waals surface area (Å²) in [6, 6.07) is 7.71. The number of benzene rings is 1. The molecule has 0 saturated carbocycles. The van der Waals surface area contributed by atoms with Gasteiger partial charge in [0, 0.05) is 11.3 Å². The van der Waals surface area contributed by atoms with Crippen LogP contribution in [0.5, 0.6) is 0 Å². The Kier molecular flexibility index (Phi) is 3.23. The van der Waals surface area contributed by atoms with E-state index in [0.717, 1.165) is 11.8 Å². The lowest BCUT2D eigenvalue weighted by atomic mass is 10.1. The van der Waals surface area contributed by atoms with E-state index in [1.54, 1.807) is 18.2 Å². The van der Waals surface area contributed by atoms with Crippen LogP contribution in [0.1, 0.15) is 15.9 Å². The predicted molar refractivity (Wildman–Crippen MR) is 67.7 cm³/mol. The number of aryl methyl sites for hydroxylation is 1. The van der Waals surface area contributed by atoms with Crippen molar-refractivity contribution in [3.63, 3.8) is 0 Å². The number of carbonyl (C=O) groups excluding carboxylic acids is 1. The third-order valence-corrected chi connectivity index (χ3v) is 2.48. The zero-order chi connectivity index (χ0) is 13.1. The van der Waals surface area contributed by atoms with Gasteiger partial charge in [0.2, 0.25) is 0 Å². The number of nitrogens with two attached hydrogens (primary N) is 1. The highest BCUT2D eigenvalue weighted by atomic mass is 19.1. The molecular formula is C13H12FN3O. The molecule has 4 nitrogen and oxygen atoms in total. The molecule has 0 aliphatic rings. The number of anilines is 2. The van der Waals surface area contributed by atoms with Crippen molar-refractivity contribution in [2.75, 3.05) is 11.1 Å². The number of aromatic nitrogens is 1. The van der Waals surface area contributed by atoms with Gasteiger partial charge in [-0.15, -0.1) is 0 Å². The number of carbonyl (C=O) groups is 1. The number of nitrogens with one attached hydrogen (secondary N) is 1. The fourth-order valence-electron chi connectivity index (χ4n) is 1.52. The van der Waals surface area contributed by atoms with Crippen LogP contribution in [0.25, 0.3) is 0 Å². The van der Waals surface area contributed by atoms with Gasteiger partial charge in [-0.3, -0.25) is 4.79 Å². The van der Waals surface area contributed by atoms with Gasteiger partial charge in [0.15, 0.2) is 0 Å². The summed E-state index contributed by atoms with van der Waals surface area (Å²) in [6.45, 7) is 1.81. The summed E-state index contributed by atoms with van der Waals surface area (Å²) in [4.78, 5) is 15.7. The Hall–Kier alpha value is -2.43. The van der Waals surface area contributed by atoms with Crippen LogP contribution in [0, 0.1) is 12.7 Å². The summed E-state index contributed by atoms with van der Waals surface area (Å²) in [7, 11) is 0. The fraction of sp³-hybridized carbons (Fsp3) is 0.0769. The van der Waals surface area contributed by atoms with Gasteiger partial charge in [0.05, 0.1) is 6.20 Å². The molecule has 5 heteroatoms. The van der Waals surface area contributed by atoms with E-state index >= 15 is 0 Å². The van der Waals surface area contributed by atoms with Crippen LogP contribution in [0.15, 0.2) is 36.5 Å². The number of rotatable bonds is 2. The molecule has 1 aromatic heterocycles. The van der Waals surface area contributed by atoms with E-state index < -0.39 is 5.82 Å². The quantitative estimate of drug-likeness (QED) is 0.798. The van der Waals surface area contributed by atoms with Crippen LogP contribution < -0.4 is 11.1 Å². The second kappa shape index (κ2) is 4.83. The summed E-state index contributed by atoms with van der Waals surface area (Å²) in [5.74, 6) is -0.477. The molecule has 18 heavy (non-hydrogen) atoms. The summed E-state index contributed by atoms with van der Waals surface area (Å²) >= 11 is 0. The number of hydrogen-bond acceptors (Lipinski definition) is 3. The SMILES string of the molecule is Cc1ccc(N)cc1C(=O)Nc1ccc(F)cn1. The number of nitrogen functional groups attached to an aromatic ring is 1. The van der Waals surface area contributed by atoms with Crippen molar-refractivity contribution in [3.05, 3.63) is 53.5 Å². The minimum atomic E-state index is -0.451. The van der Waals surface area contributed by atoms with Crippen molar-refractivity contribution >= 4 is 17.4 Å². The maximum atomic E-state index is 12.7. The second-order valence-corrected chi connectivity index (χ2v) is 3.89. The molecular weight excluding hydrogens is 233 g/mol.